The zero-order valence-electron chi connectivity index (χ0n) is 21.2. The maximum Gasteiger partial charge on any atom is 0.351 e. The molecule has 6 nitrogen and oxygen atoms in total. The van der Waals surface area contributed by atoms with Crippen molar-refractivity contribution in [3.05, 3.63) is 58.7 Å². The molecule has 0 N–H and O–H groups in total. The molecule has 0 radical (unpaired) electrons. The van der Waals surface area contributed by atoms with Crippen LogP contribution in [0.3, 0.4) is 0 Å². The monoisotopic (exact) mass is 481 g/mol. The van der Waals surface area contributed by atoms with E-state index in [0.29, 0.717) is 17.7 Å². The summed E-state index contributed by atoms with van der Waals surface area (Å²) in [6.45, 7) is 19.1. The highest BCUT2D eigenvalue weighted by Crippen LogP contribution is 2.51. The fourth-order valence-corrected chi connectivity index (χ4v) is 6.17. The molecular weight excluding hydrogens is 446 g/mol. The second-order valence-corrected chi connectivity index (χ2v) is 16.2. The van der Waals surface area contributed by atoms with E-state index in [1.807, 2.05) is 13.8 Å². The number of fused-ring (bicyclic) bond motifs is 2. The second-order valence-electron chi connectivity index (χ2n) is 11.5. The van der Waals surface area contributed by atoms with Crippen molar-refractivity contribution < 1.29 is 18.4 Å². The van der Waals surface area contributed by atoms with Crippen LogP contribution < -0.4 is 10.4 Å². The second kappa shape index (κ2) is 8.31. The highest BCUT2D eigenvalue weighted by Gasteiger charge is 2.58. The fraction of sp³-hybridized carbons (Fsp3) is 0.519. The van der Waals surface area contributed by atoms with E-state index in [2.05, 4.69) is 45.4 Å². The van der Waals surface area contributed by atoms with E-state index in [9.17, 15) is 9.59 Å². The molecule has 2 aromatic heterocycles. The SMILES string of the molecule is C=C(C)[C@@H]1C[C@H](O[Si](C)(C)C(C)(C)C)[C@@]2(C)Oc3cc(-c4cccnc4)oc(=O)c3C(=O)[C@@H]2C1. The molecule has 0 unspecified atom stereocenters. The Morgan fingerprint density at radius 2 is 1.97 bits per heavy atom. The van der Waals surface area contributed by atoms with Crippen molar-refractivity contribution >= 4 is 14.1 Å². The van der Waals surface area contributed by atoms with Crippen LogP contribution in [0.1, 0.15) is 57.8 Å². The normalized spacial score (nSPS) is 26.9. The Bertz CT molecular complexity index is 1180. The van der Waals surface area contributed by atoms with Gasteiger partial charge in [0.25, 0.3) is 0 Å². The minimum atomic E-state index is -2.18. The van der Waals surface area contributed by atoms with Gasteiger partial charge in [0.2, 0.25) is 0 Å². The minimum absolute atomic E-state index is 0.000153. The summed E-state index contributed by atoms with van der Waals surface area (Å²) in [5.74, 6) is -0.0494. The number of aromatic nitrogens is 1. The molecule has 2 aliphatic rings. The van der Waals surface area contributed by atoms with Gasteiger partial charge in [0.05, 0.1) is 12.0 Å². The number of allylic oxidation sites excluding steroid dienone is 1. The smallest absolute Gasteiger partial charge is 0.351 e. The van der Waals surface area contributed by atoms with Crippen molar-refractivity contribution in [3.8, 4) is 17.1 Å². The molecule has 182 valence electrons. The van der Waals surface area contributed by atoms with Crippen LogP contribution in [0.4, 0.5) is 0 Å². The van der Waals surface area contributed by atoms with Crippen LogP contribution in [0.2, 0.25) is 18.1 Å². The average Bonchev–Trinajstić information content (AvgIpc) is 2.73. The van der Waals surface area contributed by atoms with E-state index in [-0.39, 0.29) is 34.2 Å². The maximum absolute atomic E-state index is 13.8. The molecule has 0 saturated heterocycles. The van der Waals surface area contributed by atoms with E-state index in [0.717, 1.165) is 12.0 Å². The molecule has 3 heterocycles. The van der Waals surface area contributed by atoms with Gasteiger partial charge in [-0.2, -0.15) is 0 Å². The van der Waals surface area contributed by atoms with Crippen molar-refractivity contribution in [3.63, 3.8) is 0 Å². The zero-order chi connectivity index (χ0) is 25.1. The molecule has 7 heteroatoms. The number of ether oxygens (including phenoxy) is 1. The van der Waals surface area contributed by atoms with Crippen molar-refractivity contribution in [2.45, 2.75) is 77.3 Å². The van der Waals surface area contributed by atoms with Gasteiger partial charge in [-0.25, -0.2) is 4.79 Å². The summed E-state index contributed by atoms with van der Waals surface area (Å²) in [6.07, 6.45) is 4.26. The molecule has 0 spiro atoms. The van der Waals surface area contributed by atoms with Crippen LogP contribution in [-0.2, 0) is 4.43 Å². The van der Waals surface area contributed by atoms with Crippen molar-refractivity contribution in [2.75, 3.05) is 0 Å². The third-order valence-electron chi connectivity index (χ3n) is 8.04. The van der Waals surface area contributed by atoms with Gasteiger partial charge in [0.1, 0.15) is 22.7 Å². The average molecular weight is 482 g/mol. The molecule has 0 amide bonds. The van der Waals surface area contributed by atoms with Crippen molar-refractivity contribution in [1.82, 2.24) is 4.98 Å². The van der Waals surface area contributed by atoms with Crippen LogP contribution in [0.25, 0.3) is 11.3 Å². The minimum Gasteiger partial charge on any atom is -0.483 e. The van der Waals surface area contributed by atoms with Gasteiger partial charge in [-0.05, 0) is 62.9 Å². The van der Waals surface area contributed by atoms with Gasteiger partial charge in [-0.15, -0.1) is 0 Å². The van der Waals surface area contributed by atoms with Gasteiger partial charge in [0, 0.05) is 24.0 Å². The van der Waals surface area contributed by atoms with E-state index in [4.69, 9.17) is 13.6 Å². The van der Waals surface area contributed by atoms with Gasteiger partial charge in [-0.3, -0.25) is 9.78 Å². The van der Waals surface area contributed by atoms with Crippen LogP contribution >= 0.6 is 0 Å². The van der Waals surface area contributed by atoms with Gasteiger partial charge in [-0.1, -0.05) is 32.9 Å². The third kappa shape index (κ3) is 4.09. The number of Topliss-reactive ketones (excluding diaryl/α,β-unsaturated/α-hetero) is 1. The Morgan fingerprint density at radius 1 is 1.26 bits per heavy atom. The summed E-state index contributed by atoms with van der Waals surface area (Å²) in [5.41, 5.74) is 0.0754. The van der Waals surface area contributed by atoms with Crippen molar-refractivity contribution in [1.29, 1.82) is 0 Å². The molecular formula is C27H35NO5Si. The molecule has 0 bridgehead atoms. The first-order valence-electron chi connectivity index (χ1n) is 11.9. The Kier molecular flexibility index (Phi) is 6.01. The number of hydrogen-bond donors (Lipinski definition) is 0. The van der Waals surface area contributed by atoms with E-state index < -0.39 is 25.5 Å². The Labute approximate surface area is 202 Å². The summed E-state index contributed by atoms with van der Waals surface area (Å²) >= 11 is 0. The summed E-state index contributed by atoms with van der Waals surface area (Å²) < 4.78 is 19.0. The number of hydrogen-bond acceptors (Lipinski definition) is 6. The van der Waals surface area contributed by atoms with Gasteiger partial charge < -0.3 is 13.6 Å². The van der Waals surface area contributed by atoms with Gasteiger partial charge >= 0.3 is 5.63 Å². The molecule has 1 fully saturated rings. The summed E-state index contributed by atoms with van der Waals surface area (Å²) in [6, 6.07) is 5.20. The number of carbonyl (C=O) groups excluding carboxylic acids is 1. The van der Waals surface area contributed by atoms with E-state index in [1.165, 1.54) is 0 Å². The molecule has 1 saturated carbocycles. The number of ketones is 1. The summed E-state index contributed by atoms with van der Waals surface area (Å²) in [7, 11) is -2.18. The first kappa shape index (κ1) is 24.6. The molecule has 0 aromatic carbocycles. The van der Waals surface area contributed by atoms with E-state index >= 15 is 0 Å². The van der Waals surface area contributed by atoms with E-state index in [1.54, 1.807) is 30.6 Å². The fourth-order valence-electron chi connectivity index (χ4n) is 4.77. The highest BCUT2D eigenvalue weighted by atomic mass is 28.4. The zero-order valence-corrected chi connectivity index (χ0v) is 22.2. The highest BCUT2D eigenvalue weighted by molar-refractivity contribution is 6.74. The summed E-state index contributed by atoms with van der Waals surface area (Å²) in [5, 5.41) is 0.000153. The first-order chi connectivity index (χ1) is 15.7. The lowest BCUT2D eigenvalue weighted by Crippen LogP contribution is -2.63. The molecule has 1 aliphatic carbocycles. The topological polar surface area (TPSA) is 78.6 Å². The van der Waals surface area contributed by atoms with Crippen molar-refractivity contribution in [2.24, 2.45) is 11.8 Å². The van der Waals surface area contributed by atoms with Gasteiger partial charge in [0.15, 0.2) is 14.1 Å². The molecule has 34 heavy (non-hydrogen) atoms. The predicted octanol–water partition coefficient (Wildman–Crippen LogP) is 6.03. The van der Waals surface area contributed by atoms with Crippen LogP contribution in [0.5, 0.6) is 5.75 Å². The van der Waals surface area contributed by atoms with Crippen LogP contribution in [-0.4, -0.2) is 30.8 Å². The quantitative estimate of drug-likeness (QED) is 0.392. The summed E-state index contributed by atoms with van der Waals surface area (Å²) in [4.78, 5) is 30.9. The number of rotatable bonds is 4. The molecule has 4 rings (SSSR count). The standard InChI is InChI=1S/C27H35NO5Si/c1-16(2)18-12-19-24(29)23-21(14-20(31-25(23)30)17-10-9-11-28-15-17)32-27(19,6)22(13-18)33-34(7,8)26(3,4)5/h9-11,14-15,18-19,22H,1,12-13H2,2-8H3/t18-,19-,22-,27-/m0/s1. The first-order valence-corrected chi connectivity index (χ1v) is 14.8. The number of carbonyl (C=O) groups is 1. The van der Waals surface area contributed by atoms with Crippen LogP contribution in [0, 0.1) is 11.8 Å². The Balaban J connectivity index is 1.82. The lowest BCUT2D eigenvalue weighted by molar-refractivity contribution is -0.103. The predicted molar refractivity (Wildman–Crippen MR) is 135 cm³/mol. The Morgan fingerprint density at radius 3 is 2.56 bits per heavy atom. The molecule has 2 aromatic rings. The lowest BCUT2D eigenvalue weighted by atomic mass is 9.65. The molecule has 1 aliphatic heterocycles. The largest absolute Gasteiger partial charge is 0.483 e. The number of pyridine rings is 1. The number of nitrogens with zero attached hydrogens (tertiary/aromatic N) is 1. The molecule has 4 atom stereocenters. The van der Waals surface area contributed by atoms with Crippen LogP contribution in [0.15, 0.2) is 52.0 Å². The maximum atomic E-state index is 13.8. The Hall–Kier alpha value is -2.51. The lowest BCUT2D eigenvalue weighted by Gasteiger charge is -2.53. The third-order valence-corrected chi connectivity index (χ3v) is 12.5.